The fourth-order valence-electron chi connectivity index (χ4n) is 2.65. The highest BCUT2D eigenvalue weighted by molar-refractivity contribution is 8.00. The quantitative estimate of drug-likeness (QED) is 0.500. The first-order chi connectivity index (χ1) is 11.7. The summed E-state index contributed by atoms with van der Waals surface area (Å²) in [7, 11) is 0. The van der Waals surface area contributed by atoms with Gasteiger partial charge in [0.2, 0.25) is 5.16 Å². The number of tetrazole rings is 1. The van der Waals surface area contributed by atoms with E-state index in [1.807, 2.05) is 24.3 Å². The molecule has 24 heavy (non-hydrogen) atoms. The molecule has 1 aliphatic carbocycles. The molecule has 0 saturated heterocycles. The lowest BCUT2D eigenvalue weighted by molar-refractivity contribution is 0.314. The highest BCUT2D eigenvalue weighted by Gasteiger charge is 2.25. The molecule has 1 saturated carbocycles. The second-order valence-electron chi connectivity index (χ2n) is 5.55. The maximum atomic E-state index is 9.17. The van der Waals surface area contributed by atoms with Crippen LogP contribution in [0.3, 0.4) is 0 Å². The summed E-state index contributed by atoms with van der Waals surface area (Å²) in [6, 6.07) is 7.43. The number of thioether (sulfide) groups is 1. The number of hydrogen-bond donors (Lipinski definition) is 2. The van der Waals surface area contributed by atoms with Crippen molar-refractivity contribution in [3.63, 3.8) is 0 Å². The predicted molar refractivity (Wildman–Crippen MR) is 90.5 cm³/mol. The molecule has 1 aliphatic rings. The van der Waals surface area contributed by atoms with E-state index in [4.69, 9.17) is 10.4 Å². The summed E-state index contributed by atoms with van der Waals surface area (Å²) in [5.74, 6) is 0. The molecular formula is C15H18N6O2S. The minimum atomic E-state index is 0.0940. The third-order valence-corrected chi connectivity index (χ3v) is 5.28. The highest BCUT2D eigenvalue weighted by atomic mass is 32.2. The Bertz CT molecular complexity index is 756. The molecule has 0 bridgehead atoms. The van der Waals surface area contributed by atoms with Crippen molar-refractivity contribution in [1.82, 2.24) is 20.2 Å². The Labute approximate surface area is 143 Å². The molecule has 2 N–H and O–H groups in total. The lowest BCUT2D eigenvalue weighted by atomic mass is 9.98. The van der Waals surface area contributed by atoms with Gasteiger partial charge in [0.05, 0.1) is 22.4 Å². The third-order valence-electron chi connectivity index (χ3n) is 4.02. The van der Waals surface area contributed by atoms with E-state index in [2.05, 4.69) is 25.8 Å². The third kappa shape index (κ3) is 3.40. The van der Waals surface area contributed by atoms with Gasteiger partial charge in [-0.1, -0.05) is 40.6 Å². The van der Waals surface area contributed by atoms with Gasteiger partial charge < -0.3 is 10.4 Å². The Morgan fingerprint density at radius 1 is 1.25 bits per heavy atom. The lowest BCUT2D eigenvalue weighted by Gasteiger charge is -2.21. The molecular weight excluding hydrogens is 328 g/mol. The molecule has 0 amide bonds. The van der Waals surface area contributed by atoms with Gasteiger partial charge in [0.1, 0.15) is 0 Å². The molecule has 1 aromatic carbocycles. The summed E-state index contributed by atoms with van der Waals surface area (Å²) in [6.45, 7) is 1.73. The average Bonchev–Trinajstić information content (AvgIpc) is 3.10. The summed E-state index contributed by atoms with van der Waals surface area (Å²) >= 11 is 1.51. The van der Waals surface area contributed by atoms with Crippen molar-refractivity contribution in [2.75, 3.05) is 0 Å². The van der Waals surface area contributed by atoms with E-state index in [0.717, 1.165) is 42.6 Å². The van der Waals surface area contributed by atoms with Crippen molar-refractivity contribution in [3.05, 3.63) is 29.8 Å². The van der Waals surface area contributed by atoms with Crippen LogP contribution >= 0.6 is 11.8 Å². The van der Waals surface area contributed by atoms with Crippen LogP contribution in [0.4, 0.5) is 0 Å². The smallest absolute Gasteiger partial charge is 0.214 e. The number of rotatable bonds is 4. The largest absolute Gasteiger partial charge is 0.411 e. The van der Waals surface area contributed by atoms with Crippen LogP contribution < -0.4 is 0 Å². The van der Waals surface area contributed by atoms with Crippen LogP contribution in [-0.2, 0) is 0 Å². The molecule has 1 atom stereocenters. The summed E-state index contributed by atoms with van der Waals surface area (Å²) in [6.07, 6.45) is 3.91. The minimum Gasteiger partial charge on any atom is -0.411 e. The van der Waals surface area contributed by atoms with Crippen LogP contribution in [0.2, 0.25) is 0 Å². The number of oxime groups is 2. The van der Waals surface area contributed by atoms with Gasteiger partial charge in [0, 0.05) is 0 Å². The molecule has 1 heterocycles. The van der Waals surface area contributed by atoms with Crippen LogP contribution in [-0.4, -0.2) is 47.3 Å². The summed E-state index contributed by atoms with van der Waals surface area (Å²) in [4.78, 5) is 0. The van der Waals surface area contributed by atoms with Crippen molar-refractivity contribution in [2.24, 2.45) is 10.3 Å². The fraction of sp³-hybridized carbons (Fsp3) is 0.400. The van der Waals surface area contributed by atoms with Crippen LogP contribution in [0.1, 0.15) is 38.2 Å². The standard InChI is InChI=1S/C15H18N6O2S/c1-10(17-22)11-6-8-12(9-7-11)21-15(16-19-20-21)24-14-5-3-2-4-13(14)18-23/h6-9,14,22-23H,2-5H2,1H3/b17-10+,18-13+. The maximum Gasteiger partial charge on any atom is 0.214 e. The zero-order valence-electron chi connectivity index (χ0n) is 13.2. The molecule has 0 radical (unpaired) electrons. The van der Waals surface area contributed by atoms with Crippen molar-refractivity contribution in [2.45, 2.75) is 43.0 Å². The van der Waals surface area contributed by atoms with Gasteiger partial charge in [-0.15, -0.1) is 5.10 Å². The fourth-order valence-corrected chi connectivity index (χ4v) is 3.81. The zero-order chi connectivity index (χ0) is 16.9. The van der Waals surface area contributed by atoms with Gasteiger partial charge in [0.25, 0.3) is 0 Å². The Hall–Kier alpha value is -2.42. The zero-order valence-corrected chi connectivity index (χ0v) is 14.0. The second-order valence-corrected chi connectivity index (χ2v) is 6.72. The predicted octanol–water partition coefficient (Wildman–Crippen LogP) is 2.73. The Kier molecular flexibility index (Phi) is 5.09. The topological polar surface area (TPSA) is 109 Å². The van der Waals surface area contributed by atoms with Crippen LogP contribution in [0.25, 0.3) is 5.69 Å². The second kappa shape index (κ2) is 7.43. The van der Waals surface area contributed by atoms with E-state index in [-0.39, 0.29) is 5.25 Å². The first-order valence-electron chi connectivity index (χ1n) is 7.68. The van der Waals surface area contributed by atoms with Gasteiger partial charge in [-0.05, 0) is 54.3 Å². The Morgan fingerprint density at radius 2 is 2.04 bits per heavy atom. The van der Waals surface area contributed by atoms with E-state index >= 15 is 0 Å². The molecule has 126 valence electrons. The van der Waals surface area contributed by atoms with Gasteiger partial charge in [-0.2, -0.15) is 4.68 Å². The lowest BCUT2D eigenvalue weighted by Crippen LogP contribution is -2.22. The molecule has 3 rings (SSSR count). The monoisotopic (exact) mass is 346 g/mol. The average molecular weight is 346 g/mol. The summed E-state index contributed by atoms with van der Waals surface area (Å²) in [5.41, 5.74) is 2.98. The molecule has 1 unspecified atom stereocenters. The van der Waals surface area contributed by atoms with Crippen molar-refractivity contribution in [3.8, 4) is 5.69 Å². The normalized spacial score (nSPS) is 20.5. The number of hydrogen-bond acceptors (Lipinski definition) is 8. The molecule has 2 aromatic rings. The molecule has 0 spiro atoms. The first-order valence-corrected chi connectivity index (χ1v) is 8.56. The SMILES string of the molecule is C/C(=N\O)c1ccc(-n2nnnc2SC2CCCC/C2=N\O)cc1. The molecule has 1 aromatic heterocycles. The van der Waals surface area contributed by atoms with E-state index in [1.165, 1.54) is 11.8 Å². The van der Waals surface area contributed by atoms with Crippen LogP contribution in [0, 0.1) is 0 Å². The Balaban J connectivity index is 1.82. The van der Waals surface area contributed by atoms with Gasteiger partial charge in [-0.3, -0.25) is 0 Å². The summed E-state index contributed by atoms with van der Waals surface area (Å²) in [5, 5.41) is 37.3. The van der Waals surface area contributed by atoms with Gasteiger partial charge in [0.15, 0.2) is 0 Å². The van der Waals surface area contributed by atoms with Crippen LogP contribution in [0.5, 0.6) is 0 Å². The van der Waals surface area contributed by atoms with E-state index in [9.17, 15) is 0 Å². The van der Waals surface area contributed by atoms with Crippen molar-refractivity contribution >= 4 is 23.2 Å². The van der Waals surface area contributed by atoms with Gasteiger partial charge in [-0.25, -0.2) is 0 Å². The number of aromatic nitrogens is 4. The first kappa shape index (κ1) is 16.4. The van der Waals surface area contributed by atoms with Crippen molar-refractivity contribution < 1.29 is 10.4 Å². The molecule has 8 nitrogen and oxygen atoms in total. The number of nitrogens with zero attached hydrogens (tertiary/aromatic N) is 6. The van der Waals surface area contributed by atoms with E-state index in [1.54, 1.807) is 11.6 Å². The maximum absolute atomic E-state index is 9.17. The van der Waals surface area contributed by atoms with E-state index < -0.39 is 0 Å². The summed E-state index contributed by atoms with van der Waals surface area (Å²) < 4.78 is 1.66. The van der Waals surface area contributed by atoms with Crippen LogP contribution in [0.15, 0.2) is 39.7 Å². The Morgan fingerprint density at radius 3 is 2.75 bits per heavy atom. The molecule has 9 heteroatoms. The van der Waals surface area contributed by atoms with Crippen molar-refractivity contribution in [1.29, 1.82) is 0 Å². The van der Waals surface area contributed by atoms with Gasteiger partial charge >= 0.3 is 0 Å². The minimum absolute atomic E-state index is 0.0940. The highest BCUT2D eigenvalue weighted by Crippen LogP contribution is 2.31. The molecule has 1 fully saturated rings. The molecule has 0 aliphatic heterocycles. The number of benzene rings is 1. The van der Waals surface area contributed by atoms with E-state index in [0.29, 0.717) is 10.9 Å².